The van der Waals surface area contributed by atoms with E-state index >= 15 is 0 Å². The molecule has 2 rings (SSSR count). The number of carboxylic acids is 1. The molecule has 0 saturated carbocycles. The Kier molecular flexibility index (Phi) is 2.18. The number of nitrogens with zero attached hydrogens (tertiary/aromatic N) is 3. The van der Waals surface area contributed by atoms with Gasteiger partial charge in [-0.1, -0.05) is 0 Å². The maximum Gasteiger partial charge on any atom is 0.308 e. The third-order valence-electron chi connectivity index (χ3n) is 2.45. The molecule has 1 aromatic heterocycles. The summed E-state index contributed by atoms with van der Waals surface area (Å²) in [5.41, 5.74) is 0. The van der Waals surface area contributed by atoms with Gasteiger partial charge in [-0.15, -0.1) is 0 Å². The largest absolute Gasteiger partial charge is 0.481 e. The number of carbonyl (C=O) groups is 2. The van der Waals surface area contributed by atoms with E-state index in [1.807, 2.05) is 0 Å². The van der Waals surface area contributed by atoms with E-state index in [2.05, 4.69) is 5.10 Å². The predicted octanol–water partition coefficient (Wildman–Crippen LogP) is -0.142. The van der Waals surface area contributed by atoms with Crippen molar-refractivity contribution in [2.75, 3.05) is 11.4 Å². The zero-order valence-electron chi connectivity index (χ0n) is 8.25. The lowest BCUT2D eigenvalue weighted by Gasteiger charge is -2.11. The molecule has 1 atom stereocenters. The van der Waals surface area contributed by atoms with Crippen molar-refractivity contribution in [3.63, 3.8) is 0 Å². The number of aryl methyl sites for hydroxylation is 1. The van der Waals surface area contributed by atoms with Crippen LogP contribution in [0.1, 0.15) is 6.42 Å². The van der Waals surface area contributed by atoms with E-state index in [0.29, 0.717) is 5.82 Å². The van der Waals surface area contributed by atoms with Crippen molar-refractivity contribution in [2.24, 2.45) is 13.0 Å². The van der Waals surface area contributed by atoms with Gasteiger partial charge in [0.2, 0.25) is 5.91 Å². The van der Waals surface area contributed by atoms with Crippen LogP contribution in [0.4, 0.5) is 5.82 Å². The highest BCUT2D eigenvalue weighted by atomic mass is 16.4. The summed E-state index contributed by atoms with van der Waals surface area (Å²) in [6.45, 7) is 0.213. The molecule has 80 valence electrons. The van der Waals surface area contributed by atoms with E-state index in [0.717, 1.165) is 0 Å². The number of carboxylic acid groups (broad SMARTS) is 1. The number of hydrogen-bond acceptors (Lipinski definition) is 3. The molecule has 0 bridgehead atoms. The standard InChI is InChI=1S/C9H11N3O3/c1-11-3-2-7(10-11)12-5-6(9(14)15)4-8(12)13/h2-3,6H,4-5H2,1H3,(H,14,15). The van der Waals surface area contributed by atoms with Gasteiger partial charge in [-0.3, -0.25) is 19.2 Å². The fourth-order valence-electron chi connectivity index (χ4n) is 1.64. The Labute approximate surface area is 86.1 Å². The number of hydrogen-bond donors (Lipinski definition) is 1. The minimum Gasteiger partial charge on any atom is -0.481 e. The zero-order chi connectivity index (χ0) is 11.0. The summed E-state index contributed by atoms with van der Waals surface area (Å²) in [6, 6.07) is 1.70. The van der Waals surface area contributed by atoms with Crippen LogP contribution in [0.15, 0.2) is 12.3 Å². The van der Waals surface area contributed by atoms with Gasteiger partial charge in [0.1, 0.15) is 0 Å². The summed E-state index contributed by atoms with van der Waals surface area (Å²) < 4.78 is 1.58. The van der Waals surface area contributed by atoms with Crippen LogP contribution in [-0.2, 0) is 16.6 Å². The SMILES string of the molecule is Cn1ccc(N2CC(C(=O)O)CC2=O)n1. The van der Waals surface area contributed by atoms with Gasteiger partial charge in [-0.25, -0.2) is 0 Å². The monoisotopic (exact) mass is 209 g/mol. The molecule has 6 heteroatoms. The summed E-state index contributed by atoms with van der Waals surface area (Å²) in [4.78, 5) is 23.7. The van der Waals surface area contributed by atoms with Gasteiger partial charge in [-0.2, -0.15) is 5.10 Å². The highest BCUT2D eigenvalue weighted by Crippen LogP contribution is 2.23. The van der Waals surface area contributed by atoms with Gasteiger partial charge in [0.05, 0.1) is 5.92 Å². The van der Waals surface area contributed by atoms with Crippen LogP contribution in [-0.4, -0.2) is 33.3 Å². The summed E-state index contributed by atoms with van der Waals surface area (Å²) in [5, 5.41) is 12.9. The Morgan fingerprint density at radius 2 is 2.40 bits per heavy atom. The Bertz CT molecular complexity index is 412. The maximum absolute atomic E-state index is 11.5. The van der Waals surface area contributed by atoms with Gasteiger partial charge in [0.25, 0.3) is 0 Å². The first-order valence-corrected chi connectivity index (χ1v) is 4.61. The summed E-state index contributed by atoms with van der Waals surface area (Å²) in [7, 11) is 1.75. The van der Waals surface area contributed by atoms with Crippen LogP contribution in [0, 0.1) is 5.92 Å². The molecule has 15 heavy (non-hydrogen) atoms. The van der Waals surface area contributed by atoms with Crippen LogP contribution in [0.25, 0.3) is 0 Å². The molecule has 0 spiro atoms. The average molecular weight is 209 g/mol. The van der Waals surface area contributed by atoms with Crippen molar-refractivity contribution in [2.45, 2.75) is 6.42 Å². The topological polar surface area (TPSA) is 75.4 Å². The van der Waals surface area contributed by atoms with Crippen molar-refractivity contribution in [1.29, 1.82) is 0 Å². The first-order chi connectivity index (χ1) is 7.08. The average Bonchev–Trinajstić information content (AvgIpc) is 2.71. The number of aliphatic carboxylic acids is 1. The Morgan fingerprint density at radius 1 is 1.67 bits per heavy atom. The maximum atomic E-state index is 11.5. The number of amides is 1. The van der Waals surface area contributed by atoms with Crippen LogP contribution in [0.2, 0.25) is 0 Å². The van der Waals surface area contributed by atoms with Gasteiger partial charge in [-0.05, 0) is 0 Å². The molecule has 2 heterocycles. The molecule has 0 radical (unpaired) electrons. The number of anilines is 1. The van der Waals surface area contributed by atoms with E-state index in [-0.39, 0.29) is 18.9 Å². The summed E-state index contributed by atoms with van der Waals surface area (Å²) in [5.74, 6) is -1.20. The summed E-state index contributed by atoms with van der Waals surface area (Å²) in [6.07, 6.45) is 1.78. The molecule has 1 amide bonds. The summed E-state index contributed by atoms with van der Waals surface area (Å²) >= 11 is 0. The van der Waals surface area contributed by atoms with E-state index in [4.69, 9.17) is 5.11 Å². The van der Waals surface area contributed by atoms with Crippen LogP contribution in [0.5, 0.6) is 0 Å². The van der Waals surface area contributed by atoms with Gasteiger partial charge in [0.15, 0.2) is 5.82 Å². The third kappa shape index (κ3) is 1.70. The number of carbonyl (C=O) groups excluding carboxylic acids is 1. The molecule has 1 saturated heterocycles. The van der Waals surface area contributed by atoms with Crippen molar-refractivity contribution in [3.8, 4) is 0 Å². The van der Waals surface area contributed by atoms with E-state index in [9.17, 15) is 9.59 Å². The Hall–Kier alpha value is -1.85. The fraction of sp³-hybridized carbons (Fsp3) is 0.444. The smallest absolute Gasteiger partial charge is 0.308 e. The fourth-order valence-corrected chi connectivity index (χ4v) is 1.64. The van der Waals surface area contributed by atoms with E-state index < -0.39 is 11.9 Å². The molecular weight excluding hydrogens is 198 g/mol. The van der Waals surface area contributed by atoms with Crippen LogP contribution in [0.3, 0.4) is 0 Å². The third-order valence-corrected chi connectivity index (χ3v) is 2.45. The second-order valence-electron chi connectivity index (χ2n) is 3.59. The van der Waals surface area contributed by atoms with Gasteiger partial charge < -0.3 is 5.11 Å². The molecule has 1 aromatic rings. The molecule has 6 nitrogen and oxygen atoms in total. The molecule has 1 aliphatic rings. The van der Waals surface area contributed by atoms with Crippen molar-refractivity contribution >= 4 is 17.7 Å². The van der Waals surface area contributed by atoms with E-state index in [1.165, 1.54) is 4.90 Å². The lowest BCUT2D eigenvalue weighted by Crippen LogP contribution is -2.26. The van der Waals surface area contributed by atoms with Crippen molar-refractivity contribution in [3.05, 3.63) is 12.3 Å². The van der Waals surface area contributed by atoms with Crippen LogP contribution >= 0.6 is 0 Å². The molecule has 0 aromatic carbocycles. The van der Waals surface area contributed by atoms with Crippen LogP contribution < -0.4 is 4.90 Å². The number of aromatic nitrogens is 2. The molecule has 1 fully saturated rings. The highest BCUT2D eigenvalue weighted by Gasteiger charge is 2.35. The van der Waals surface area contributed by atoms with E-state index in [1.54, 1.807) is 24.0 Å². The first kappa shape index (κ1) is 9.70. The van der Waals surface area contributed by atoms with Crippen molar-refractivity contribution < 1.29 is 14.7 Å². The minimum absolute atomic E-state index is 0.0614. The normalized spacial score (nSPS) is 21.0. The lowest BCUT2D eigenvalue weighted by atomic mass is 10.1. The molecule has 1 N–H and O–H groups in total. The second-order valence-corrected chi connectivity index (χ2v) is 3.59. The number of rotatable bonds is 2. The Balaban J connectivity index is 2.18. The minimum atomic E-state index is -0.929. The molecule has 0 aliphatic carbocycles. The van der Waals surface area contributed by atoms with Crippen molar-refractivity contribution in [1.82, 2.24) is 9.78 Å². The lowest BCUT2D eigenvalue weighted by molar-refractivity contribution is -0.141. The Morgan fingerprint density at radius 3 is 2.87 bits per heavy atom. The quantitative estimate of drug-likeness (QED) is 0.735. The first-order valence-electron chi connectivity index (χ1n) is 4.61. The highest BCUT2D eigenvalue weighted by molar-refractivity contribution is 5.98. The van der Waals surface area contributed by atoms with Gasteiger partial charge >= 0.3 is 5.97 Å². The molecular formula is C9H11N3O3. The molecule has 1 unspecified atom stereocenters. The predicted molar refractivity (Wildman–Crippen MR) is 51.3 cm³/mol. The molecule has 1 aliphatic heterocycles. The zero-order valence-corrected chi connectivity index (χ0v) is 8.25. The second kappa shape index (κ2) is 3.38. The van der Waals surface area contributed by atoms with Gasteiger partial charge in [0, 0.05) is 32.3 Å².